The van der Waals surface area contributed by atoms with E-state index in [1.54, 1.807) is 42.7 Å². The number of anilines is 1. The second kappa shape index (κ2) is 19.5. The minimum Gasteiger partial charge on any atom is -0.496 e. The number of benzene rings is 2. The van der Waals surface area contributed by atoms with Gasteiger partial charge in [0.05, 0.1) is 48.1 Å². The van der Waals surface area contributed by atoms with Crippen LogP contribution in [0.5, 0.6) is 5.75 Å². The fourth-order valence-electron chi connectivity index (χ4n) is 10.2. The van der Waals surface area contributed by atoms with Crippen molar-refractivity contribution in [2.24, 2.45) is 23.5 Å². The molecular formula is C49H53FN8O8S. The van der Waals surface area contributed by atoms with E-state index >= 15 is 0 Å². The SMILES string of the molecule is CCC1C(F)C(=O)NC1c1cnc(-c2ncc(C#CC3CCC(CN4CCC(OCCNc5cccc6c5C(=O)N(C5CCC(=O)NC5=O)C6=O)CC4)CC3)c3cc(C(N)=O)c(OC)cc23)s1. The van der Waals surface area contributed by atoms with Gasteiger partial charge in [0, 0.05) is 78.2 Å². The highest BCUT2D eigenvalue weighted by molar-refractivity contribution is 7.15. The zero-order valence-corrected chi connectivity index (χ0v) is 38.2. The van der Waals surface area contributed by atoms with Gasteiger partial charge in [0.25, 0.3) is 23.6 Å². The van der Waals surface area contributed by atoms with Crippen LogP contribution in [0.15, 0.2) is 42.7 Å². The van der Waals surface area contributed by atoms with Crippen molar-refractivity contribution < 1.29 is 42.6 Å². The maximum absolute atomic E-state index is 14.6. The van der Waals surface area contributed by atoms with Crippen LogP contribution in [0, 0.1) is 29.6 Å². The molecule has 1 saturated carbocycles. The second-order valence-corrected chi connectivity index (χ2v) is 19.0. The first kappa shape index (κ1) is 45.8. The Balaban J connectivity index is 0.762. The van der Waals surface area contributed by atoms with Crippen molar-refractivity contribution in [3.63, 3.8) is 0 Å². The molecule has 4 aliphatic heterocycles. The van der Waals surface area contributed by atoms with Crippen LogP contribution in [0.4, 0.5) is 10.1 Å². The number of carbonyl (C=O) groups excluding carboxylic acids is 6. The first-order valence-electron chi connectivity index (χ1n) is 23.1. The van der Waals surface area contributed by atoms with E-state index in [1.165, 1.54) is 18.4 Å². The summed E-state index contributed by atoms with van der Waals surface area (Å²) in [6.07, 6.45) is 8.50. The zero-order chi connectivity index (χ0) is 46.9. The average molecular weight is 933 g/mol. The molecular weight excluding hydrogens is 880 g/mol. The molecule has 2 aromatic heterocycles. The number of nitrogens with two attached hydrogens (primary N) is 1. The van der Waals surface area contributed by atoms with Gasteiger partial charge in [0.1, 0.15) is 22.5 Å². The van der Waals surface area contributed by atoms with E-state index in [4.69, 9.17) is 20.2 Å². The molecule has 0 bridgehead atoms. The predicted octanol–water partition coefficient (Wildman–Crippen LogP) is 5.15. The van der Waals surface area contributed by atoms with Gasteiger partial charge >= 0.3 is 0 Å². The third-order valence-corrected chi connectivity index (χ3v) is 15.0. The van der Waals surface area contributed by atoms with Gasteiger partial charge in [-0.1, -0.05) is 24.8 Å². The monoisotopic (exact) mass is 932 g/mol. The summed E-state index contributed by atoms with van der Waals surface area (Å²) in [5.74, 6) is 4.11. The highest BCUT2D eigenvalue weighted by atomic mass is 32.1. The zero-order valence-electron chi connectivity index (χ0n) is 37.4. The Morgan fingerprint density at radius 1 is 0.985 bits per heavy atom. The van der Waals surface area contributed by atoms with E-state index in [0.29, 0.717) is 64.0 Å². The van der Waals surface area contributed by atoms with Crippen molar-refractivity contribution in [2.75, 3.05) is 45.2 Å². The van der Waals surface area contributed by atoms with Crippen LogP contribution in [0.25, 0.3) is 21.5 Å². The number of aromatic nitrogens is 2. The number of ether oxygens (including phenoxy) is 2. The molecule has 6 heterocycles. The van der Waals surface area contributed by atoms with Gasteiger partial charge in [-0.05, 0) is 81.5 Å². The number of halogens is 1. The Labute approximate surface area is 390 Å². The molecule has 9 rings (SSSR count). The Kier molecular flexibility index (Phi) is 13.4. The largest absolute Gasteiger partial charge is 0.496 e. The molecule has 5 aliphatic rings. The summed E-state index contributed by atoms with van der Waals surface area (Å²) in [6.45, 7) is 5.64. The topological polar surface area (TPSA) is 215 Å². The molecule has 3 saturated heterocycles. The third-order valence-electron chi connectivity index (χ3n) is 13.9. The molecule has 4 fully saturated rings. The van der Waals surface area contributed by atoms with Crippen LogP contribution < -0.4 is 26.4 Å². The van der Waals surface area contributed by atoms with E-state index in [-0.39, 0.29) is 41.6 Å². The number of fused-ring (bicyclic) bond motifs is 2. The summed E-state index contributed by atoms with van der Waals surface area (Å²) in [5.41, 5.74) is 8.20. The molecule has 4 unspecified atom stereocenters. The number of imide groups is 2. The van der Waals surface area contributed by atoms with Crippen LogP contribution in [0.3, 0.4) is 0 Å². The molecule has 350 valence electrons. The van der Waals surface area contributed by atoms with Crippen molar-refractivity contribution in [1.29, 1.82) is 0 Å². The quantitative estimate of drug-likeness (QED) is 0.0778. The van der Waals surface area contributed by atoms with Gasteiger partial charge in [0.2, 0.25) is 11.8 Å². The Bertz CT molecular complexity index is 2700. The summed E-state index contributed by atoms with van der Waals surface area (Å²) in [4.78, 5) is 89.1. The molecule has 2 aromatic carbocycles. The lowest BCUT2D eigenvalue weighted by Gasteiger charge is -2.36. The van der Waals surface area contributed by atoms with Crippen molar-refractivity contribution in [2.45, 2.75) is 89.1 Å². The van der Waals surface area contributed by atoms with Crippen LogP contribution in [0.2, 0.25) is 0 Å². The molecule has 1 aliphatic carbocycles. The second-order valence-electron chi connectivity index (χ2n) is 18.0. The summed E-state index contributed by atoms with van der Waals surface area (Å²) in [7, 11) is 1.47. The molecule has 4 atom stereocenters. The van der Waals surface area contributed by atoms with Gasteiger partial charge in [-0.25, -0.2) is 9.37 Å². The van der Waals surface area contributed by atoms with E-state index in [2.05, 4.69) is 37.7 Å². The normalized spacial score (nSPS) is 24.6. The van der Waals surface area contributed by atoms with E-state index < -0.39 is 59.6 Å². The van der Waals surface area contributed by atoms with Crippen LogP contribution in [-0.4, -0.2) is 113 Å². The van der Waals surface area contributed by atoms with Crippen molar-refractivity contribution in [1.82, 2.24) is 30.4 Å². The summed E-state index contributed by atoms with van der Waals surface area (Å²) < 4.78 is 26.4. The Morgan fingerprint density at radius 3 is 2.51 bits per heavy atom. The highest BCUT2D eigenvalue weighted by Crippen LogP contribution is 2.41. The van der Waals surface area contributed by atoms with Gasteiger partial charge < -0.3 is 30.7 Å². The molecule has 16 nitrogen and oxygen atoms in total. The number of likely N-dealkylation sites (tertiary alicyclic amines) is 1. The van der Waals surface area contributed by atoms with Crippen LogP contribution >= 0.6 is 11.3 Å². The number of hydrogen-bond donors (Lipinski definition) is 4. The van der Waals surface area contributed by atoms with Gasteiger partial charge in [-0.3, -0.25) is 44.0 Å². The number of methoxy groups -OCH3 is 1. The number of carbonyl (C=O) groups is 6. The number of rotatable bonds is 13. The van der Waals surface area contributed by atoms with Crippen LogP contribution in [-0.2, 0) is 19.1 Å². The average Bonchev–Trinajstić information content (AvgIpc) is 4.00. The third kappa shape index (κ3) is 9.24. The minimum absolute atomic E-state index is 0.0635. The van der Waals surface area contributed by atoms with Crippen molar-refractivity contribution >= 4 is 63.2 Å². The molecule has 0 radical (unpaired) electrons. The predicted molar refractivity (Wildman–Crippen MR) is 247 cm³/mol. The van der Waals surface area contributed by atoms with Gasteiger partial charge in [-0.15, -0.1) is 11.3 Å². The molecule has 67 heavy (non-hydrogen) atoms. The Hall–Kier alpha value is -6.29. The number of primary amides is 1. The fraction of sp³-hybridized carbons (Fsp3) is 0.469. The van der Waals surface area contributed by atoms with Gasteiger partial charge in [-0.2, -0.15) is 0 Å². The van der Waals surface area contributed by atoms with E-state index in [1.807, 2.05) is 6.92 Å². The number of hydrogen-bond acceptors (Lipinski definition) is 13. The number of thiazole rings is 1. The first-order valence-corrected chi connectivity index (χ1v) is 23.9. The number of nitrogens with one attached hydrogen (secondary N) is 3. The summed E-state index contributed by atoms with van der Waals surface area (Å²) >= 11 is 1.34. The number of nitrogens with zero attached hydrogens (tertiary/aromatic N) is 4. The lowest BCUT2D eigenvalue weighted by molar-refractivity contribution is -0.136. The summed E-state index contributed by atoms with van der Waals surface area (Å²) in [5, 5.41) is 10.2. The number of alkyl halides is 1. The maximum Gasteiger partial charge on any atom is 0.264 e. The fourth-order valence-corrected chi connectivity index (χ4v) is 11.3. The van der Waals surface area contributed by atoms with E-state index in [9.17, 15) is 33.2 Å². The highest BCUT2D eigenvalue weighted by Gasteiger charge is 2.46. The van der Waals surface area contributed by atoms with Gasteiger partial charge in [0.15, 0.2) is 6.17 Å². The summed E-state index contributed by atoms with van der Waals surface area (Å²) in [6, 6.07) is 6.96. The van der Waals surface area contributed by atoms with Crippen LogP contribution in [0.1, 0.15) is 112 Å². The molecule has 5 N–H and O–H groups in total. The molecule has 0 spiro atoms. The molecule has 18 heteroatoms. The standard InChI is InChI=1S/C49H53FN8O8S/c1-3-30-41(50)46(62)56-42(30)38-24-54-47(67-38)43-33-22-37(65-2)34(44(51)60)21-32(33)28(23-53-43)12-11-26-7-9-27(10-8-26)25-57-18-15-29(16-19-57)66-20-17-52-35-6-4-5-31-40(35)49(64)58(48(31)63)36-13-14-39(59)55-45(36)61/h4-6,21-24,26-27,29-30,36,41-42,52H,3,7-10,13-20,25H2,1-2H3,(H2,51,60)(H,56,62)(H,55,59,61). The number of pyridine rings is 1. The van der Waals surface area contributed by atoms with Crippen molar-refractivity contribution in [3.05, 3.63) is 69.9 Å². The minimum atomic E-state index is -1.57. The number of piperidine rings is 2. The number of amides is 6. The lowest BCUT2D eigenvalue weighted by Crippen LogP contribution is -2.54. The molecule has 4 aromatic rings. The molecule has 6 amide bonds. The van der Waals surface area contributed by atoms with E-state index in [0.717, 1.165) is 67.9 Å². The van der Waals surface area contributed by atoms with Crippen molar-refractivity contribution in [3.8, 4) is 28.3 Å². The lowest BCUT2D eigenvalue weighted by atomic mass is 9.81. The Morgan fingerprint density at radius 2 is 1.78 bits per heavy atom. The smallest absolute Gasteiger partial charge is 0.264 e. The first-order chi connectivity index (χ1) is 32.4. The maximum atomic E-state index is 14.6.